The molecule has 0 spiro atoms. The summed E-state index contributed by atoms with van der Waals surface area (Å²) in [4.78, 5) is 35.1. The summed E-state index contributed by atoms with van der Waals surface area (Å²) in [6.07, 6.45) is 6.02. The van der Waals surface area contributed by atoms with E-state index in [-0.39, 0.29) is 25.8 Å². The summed E-state index contributed by atoms with van der Waals surface area (Å²) in [5.74, 6) is -1.73. The van der Waals surface area contributed by atoms with Gasteiger partial charge in [0.1, 0.15) is 13.2 Å². The van der Waals surface area contributed by atoms with Gasteiger partial charge in [-0.15, -0.1) is 0 Å². The number of benzene rings is 1. The normalized spacial score (nSPS) is 10.9. The van der Waals surface area contributed by atoms with Crippen molar-refractivity contribution in [3.8, 4) is 0 Å². The predicted octanol–water partition coefficient (Wildman–Crippen LogP) is 3.40. The molecule has 0 bridgehead atoms. The summed E-state index contributed by atoms with van der Waals surface area (Å²) < 4.78 is 36.9. The maximum absolute atomic E-state index is 11.8. The van der Waals surface area contributed by atoms with Gasteiger partial charge in [0.2, 0.25) is 0 Å². The van der Waals surface area contributed by atoms with Crippen LogP contribution in [0.25, 0.3) is 0 Å². The van der Waals surface area contributed by atoms with Gasteiger partial charge < -0.3 is 33.2 Å². The topological polar surface area (TPSA) is 116 Å². The highest BCUT2D eigenvalue weighted by Crippen LogP contribution is 2.05. The molecule has 0 saturated carbocycles. The standard InChI is InChI=1S/C28H44O10/c1-2-3-4-5-9-12-26(29)37-23-21-35-19-17-33-15-13-32-14-16-34-18-20-36-22-24-38-28(31)27(30)25-10-7-6-8-11-25/h6-8,10-11H,2-5,9,12-24H2,1H3. The van der Waals surface area contributed by atoms with Crippen molar-refractivity contribution in [1.82, 2.24) is 0 Å². The third-order valence-corrected chi connectivity index (χ3v) is 5.15. The van der Waals surface area contributed by atoms with Gasteiger partial charge in [-0.1, -0.05) is 62.9 Å². The van der Waals surface area contributed by atoms with Crippen molar-refractivity contribution in [2.24, 2.45) is 0 Å². The van der Waals surface area contributed by atoms with Gasteiger partial charge in [0.05, 0.1) is 66.1 Å². The van der Waals surface area contributed by atoms with Crippen LogP contribution in [0.2, 0.25) is 0 Å². The molecule has 0 aromatic heterocycles. The fourth-order valence-corrected chi connectivity index (χ4v) is 3.11. The molecule has 0 aliphatic carbocycles. The van der Waals surface area contributed by atoms with Crippen LogP contribution >= 0.6 is 0 Å². The second kappa shape index (κ2) is 24.9. The number of carbonyl (C=O) groups is 3. The Hall–Kier alpha value is -2.37. The zero-order valence-electron chi connectivity index (χ0n) is 22.7. The molecular formula is C28H44O10. The number of ketones is 1. The Morgan fingerprint density at radius 1 is 0.553 bits per heavy atom. The van der Waals surface area contributed by atoms with E-state index in [0.29, 0.717) is 71.4 Å². The van der Waals surface area contributed by atoms with Crippen LogP contribution in [0.1, 0.15) is 55.8 Å². The average molecular weight is 541 g/mol. The largest absolute Gasteiger partial charge is 0.463 e. The molecule has 1 aromatic rings. The van der Waals surface area contributed by atoms with Crippen LogP contribution in [-0.4, -0.2) is 97.0 Å². The van der Waals surface area contributed by atoms with Gasteiger partial charge >= 0.3 is 11.9 Å². The number of hydrogen-bond donors (Lipinski definition) is 0. The predicted molar refractivity (Wildman–Crippen MR) is 140 cm³/mol. The molecule has 0 fully saturated rings. The second-order valence-corrected chi connectivity index (χ2v) is 8.28. The molecule has 0 saturated heterocycles. The Morgan fingerprint density at radius 3 is 1.50 bits per heavy atom. The minimum Gasteiger partial charge on any atom is -0.463 e. The van der Waals surface area contributed by atoms with Crippen LogP contribution in [0.3, 0.4) is 0 Å². The molecule has 0 aliphatic heterocycles. The second-order valence-electron chi connectivity index (χ2n) is 8.28. The first-order valence-electron chi connectivity index (χ1n) is 13.5. The Labute approximate surface area is 226 Å². The highest BCUT2D eigenvalue weighted by atomic mass is 16.6. The van der Waals surface area contributed by atoms with Crippen molar-refractivity contribution in [2.45, 2.75) is 45.4 Å². The number of carbonyl (C=O) groups excluding carboxylic acids is 3. The van der Waals surface area contributed by atoms with Crippen LogP contribution in [0.15, 0.2) is 30.3 Å². The average Bonchev–Trinajstić information content (AvgIpc) is 2.94. The van der Waals surface area contributed by atoms with Crippen molar-refractivity contribution < 1.29 is 47.5 Å². The van der Waals surface area contributed by atoms with Gasteiger partial charge in [-0.05, 0) is 6.42 Å². The molecule has 216 valence electrons. The lowest BCUT2D eigenvalue weighted by Gasteiger charge is -2.08. The number of rotatable bonds is 26. The summed E-state index contributed by atoms with van der Waals surface area (Å²) in [5, 5.41) is 0. The zero-order chi connectivity index (χ0) is 27.5. The molecule has 0 radical (unpaired) electrons. The van der Waals surface area contributed by atoms with Gasteiger partial charge in [0.15, 0.2) is 0 Å². The SMILES string of the molecule is CCCCCCCC(=O)OCCOCCOCCOCCOCCOCCOC(=O)C(=O)c1ccccc1. The number of ether oxygens (including phenoxy) is 7. The fraction of sp³-hybridized carbons (Fsp3) is 0.679. The lowest BCUT2D eigenvalue weighted by molar-refractivity contribution is -0.145. The van der Waals surface area contributed by atoms with Gasteiger partial charge in [0, 0.05) is 12.0 Å². The van der Waals surface area contributed by atoms with Crippen LogP contribution < -0.4 is 0 Å². The van der Waals surface area contributed by atoms with E-state index in [9.17, 15) is 14.4 Å². The summed E-state index contributed by atoms with van der Waals surface area (Å²) in [7, 11) is 0. The van der Waals surface area contributed by atoms with E-state index in [4.69, 9.17) is 33.2 Å². The minimum atomic E-state index is -0.897. The Kier molecular flexibility index (Phi) is 22.1. The van der Waals surface area contributed by atoms with Crippen LogP contribution in [0, 0.1) is 0 Å². The number of unbranched alkanes of at least 4 members (excludes halogenated alkanes) is 4. The third kappa shape index (κ3) is 19.7. The maximum Gasteiger partial charge on any atom is 0.379 e. The van der Waals surface area contributed by atoms with E-state index in [1.54, 1.807) is 30.3 Å². The fourth-order valence-electron chi connectivity index (χ4n) is 3.11. The van der Waals surface area contributed by atoms with Gasteiger partial charge in [-0.3, -0.25) is 9.59 Å². The molecule has 0 aliphatic rings. The highest BCUT2D eigenvalue weighted by Gasteiger charge is 2.17. The lowest BCUT2D eigenvalue weighted by Crippen LogP contribution is -2.20. The van der Waals surface area contributed by atoms with Crippen molar-refractivity contribution in [1.29, 1.82) is 0 Å². The number of Topliss-reactive ketones (excluding diaryl/α,β-unsaturated/α-hetero) is 1. The van der Waals surface area contributed by atoms with Gasteiger partial charge in [0.25, 0.3) is 5.78 Å². The summed E-state index contributed by atoms with van der Waals surface area (Å²) >= 11 is 0. The number of hydrogen-bond acceptors (Lipinski definition) is 10. The molecule has 1 aromatic carbocycles. The van der Waals surface area contributed by atoms with E-state index in [1.165, 1.54) is 19.3 Å². The number of esters is 2. The van der Waals surface area contributed by atoms with Crippen molar-refractivity contribution in [2.75, 3.05) is 79.3 Å². The Morgan fingerprint density at radius 2 is 1.00 bits per heavy atom. The van der Waals surface area contributed by atoms with Gasteiger partial charge in [-0.25, -0.2) is 4.79 Å². The highest BCUT2D eigenvalue weighted by molar-refractivity contribution is 6.40. The molecule has 0 atom stereocenters. The summed E-state index contributed by atoms with van der Waals surface area (Å²) in [5.41, 5.74) is 0.296. The molecule has 10 heteroatoms. The molecule has 0 amide bonds. The van der Waals surface area contributed by atoms with Crippen LogP contribution in [0.4, 0.5) is 0 Å². The Bertz CT molecular complexity index is 726. The maximum atomic E-state index is 11.8. The molecule has 10 nitrogen and oxygen atoms in total. The van der Waals surface area contributed by atoms with Crippen molar-refractivity contribution in [3.05, 3.63) is 35.9 Å². The van der Waals surface area contributed by atoms with E-state index in [2.05, 4.69) is 6.92 Å². The third-order valence-electron chi connectivity index (χ3n) is 5.15. The first kappa shape index (κ1) is 33.7. The smallest absolute Gasteiger partial charge is 0.379 e. The lowest BCUT2D eigenvalue weighted by atomic mass is 10.1. The minimum absolute atomic E-state index is 0.00172. The van der Waals surface area contributed by atoms with E-state index in [0.717, 1.165) is 12.8 Å². The molecule has 38 heavy (non-hydrogen) atoms. The molecule has 0 heterocycles. The molecule has 0 N–H and O–H groups in total. The molecule has 0 unspecified atom stereocenters. The van der Waals surface area contributed by atoms with Crippen molar-refractivity contribution >= 4 is 17.7 Å². The van der Waals surface area contributed by atoms with E-state index in [1.807, 2.05) is 0 Å². The molecular weight excluding hydrogens is 496 g/mol. The van der Waals surface area contributed by atoms with E-state index >= 15 is 0 Å². The monoisotopic (exact) mass is 540 g/mol. The van der Waals surface area contributed by atoms with Gasteiger partial charge in [-0.2, -0.15) is 0 Å². The molecule has 1 rings (SSSR count). The van der Waals surface area contributed by atoms with Crippen molar-refractivity contribution in [3.63, 3.8) is 0 Å². The van der Waals surface area contributed by atoms with E-state index < -0.39 is 11.8 Å². The van der Waals surface area contributed by atoms with Crippen LogP contribution in [0.5, 0.6) is 0 Å². The zero-order valence-corrected chi connectivity index (χ0v) is 22.7. The quantitative estimate of drug-likeness (QED) is 0.0749. The Balaban J connectivity index is 1.75. The summed E-state index contributed by atoms with van der Waals surface area (Å²) in [6.45, 7) is 6.32. The van der Waals surface area contributed by atoms with Crippen LogP contribution in [-0.2, 0) is 42.7 Å². The first-order valence-corrected chi connectivity index (χ1v) is 13.5. The summed E-state index contributed by atoms with van der Waals surface area (Å²) in [6, 6.07) is 8.25. The first-order chi connectivity index (χ1) is 18.6.